The second kappa shape index (κ2) is 6.32. The van der Waals surface area contributed by atoms with E-state index in [1.54, 1.807) is 7.11 Å². The fourth-order valence-electron chi connectivity index (χ4n) is 2.92. The first kappa shape index (κ1) is 13.5. The highest BCUT2D eigenvalue weighted by Gasteiger charge is 2.26. The molecule has 3 heteroatoms. The van der Waals surface area contributed by atoms with E-state index in [2.05, 4.69) is 36.1 Å². The Morgan fingerprint density at radius 2 is 2.22 bits per heavy atom. The molecule has 0 saturated heterocycles. The highest BCUT2D eigenvalue weighted by atomic mass is 16.5. The first-order chi connectivity index (χ1) is 8.76. The standard InChI is InChI=1S/C15H23NO2/c1-3-15-14-7-5-4-6-12(14)8-9-16(15)10-13(17)11-18-2/h4-7,13,15,17H,3,8-11H2,1-2H3/t13-,15-/m1/s1. The third-order valence-electron chi connectivity index (χ3n) is 3.71. The van der Waals surface area contributed by atoms with Gasteiger partial charge < -0.3 is 9.84 Å². The summed E-state index contributed by atoms with van der Waals surface area (Å²) in [5.74, 6) is 0. The van der Waals surface area contributed by atoms with Crippen LogP contribution in [0.2, 0.25) is 0 Å². The molecular formula is C15H23NO2. The van der Waals surface area contributed by atoms with Crippen LogP contribution in [0.25, 0.3) is 0 Å². The number of fused-ring (bicyclic) bond motifs is 1. The molecule has 1 heterocycles. The van der Waals surface area contributed by atoms with Gasteiger partial charge in [-0.2, -0.15) is 0 Å². The van der Waals surface area contributed by atoms with Crippen LogP contribution in [-0.4, -0.2) is 42.9 Å². The van der Waals surface area contributed by atoms with Gasteiger partial charge in [-0.05, 0) is 24.0 Å². The summed E-state index contributed by atoms with van der Waals surface area (Å²) in [5, 5.41) is 9.90. The average molecular weight is 249 g/mol. The maximum atomic E-state index is 9.90. The van der Waals surface area contributed by atoms with E-state index in [1.165, 1.54) is 11.1 Å². The van der Waals surface area contributed by atoms with E-state index in [-0.39, 0.29) is 0 Å². The molecule has 1 aromatic rings. The van der Waals surface area contributed by atoms with Crippen molar-refractivity contribution in [3.8, 4) is 0 Å². The highest BCUT2D eigenvalue weighted by Crippen LogP contribution is 2.31. The molecule has 3 nitrogen and oxygen atoms in total. The Bertz CT molecular complexity index is 381. The number of β-amino-alcohol motifs (C(OH)–C–C–N with tert-alkyl or cyclic N) is 1. The first-order valence-corrected chi connectivity index (χ1v) is 6.75. The molecule has 1 aromatic carbocycles. The summed E-state index contributed by atoms with van der Waals surface area (Å²) in [5.41, 5.74) is 2.89. The van der Waals surface area contributed by atoms with Crippen LogP contribution >= 0.6 is 0 Å². The highest BCUT2D eigenvalue weighted by molar-refractivity contribution is 5.32. The Morgan fingerprint density at radius 3 is 2.94 bits per heavy atom. The summed E-state index contributed by atoms with van der Waals surface area (Å²) in [6.45, 7) is 4.34. The Labute approximate surface area is 109 Å². The molecule has 0 spiro atoms. The number of methoxy groups -OCH3 is 1. The van der Waals surface area contributed by atoms with Crippen molar-refractivity contribution >= 4 is 0 Å². The third-order valence-corrected chi connectivity index (χ3v) is 3.71. The van der Waals surface area contributed by atoms with Gasteiger partial charge in [-0.3, -0.25) is 4.90 Å². The minimum Gasteiger partial charge on any atom is -0.389 e. The van der Waals surface area contributed by atoms with Crippen molar-refractivity contribution in [1.29, 1.82) is 0 Å². The maximum Gasteiger partial charge on any atom is 0.0900 e. The molecular weight excluding hydrogens is 226 g/mol. The van der Waals surface area contributed by atoms with Crippen LogP contribution < -0.4 is 0 Å². The Kier molecular flexibility index (Phi) is 4.75. The zero-order valence-corrected chi connectivity index (χ0v) is 11.3. The van der Waals surface area contributed by atoms with Crippen molar-refractivity contribution in [3.63, 3.8) is 0 Å². The summed E-state index contributed by atoms with van der Waals surface area (Å²) >= 11 is 0. The number of rotatable bonds is 5. The topological polar surface area (TPSA) is 32.7 Å². The fraction of sp³-hybridized carbons (Fsp3) is 0.600. The molecule has 0 fully saturated rings. The zero-order chi connectivity index (χ0) is 13.0. The molecule has 18 heavy (non-hydrogen) atoms. The largest absolute Gasteiger partial charge is 0.389 e. The monoisotopic (exact) mass is 249 g/mol. The summed E-state index contributed by atoms with van der Waals surface area (Å²) in [6.07, 6.45) is 1.76. The smallest absolute Gasteiger partial charge is 0.0900 e. The SMILES string of the molecule is CC[C@@H]1c2ccccc2CCN1C[C@@H](O)COC. The van der Waals surface area contributed by atoms with Crippen molar-refractivity contribution < 1.29 is 9.84 Å². The number of aliphatic hydroxyl groups excluding tert-OH is 1. The van der Waals surface area contributed by atoms with Gasteiger partial charge in [0.2, 0.25) is 0 Å². The van der Waals surface area contributed by atoms with E-state index in [9.17, 15) is 5.11 Å². The van der Waals surface area contributed by atoms with Gasteiger partial charge >= 0.3 is 0 Å². The van der Waals surface area contributed by atoms with Gasteiger partial charge in [-0.25, -0.2) is 0 Å². The lowest BCUT2D eigenvalue weighted by atomic mass is 9.91. The number of nitrogens with zero attached hydrogens (tertiary/aromatic N) is 1. The Balaban J connectivity index is 2.10. The van der Waals surface area contributed by atoms with Crippen LogP contribution in [-0.2, 0) is 11.2 Å². The van der Waals surface area contributed by atoms with E-state index < -0.39 is 6.10 Å². The van der Waals surface area contributed by atoms with Gasteiger partial charge in [0.1, 0.15) is 0 Å². The van der Waals surface area contributed by atoms with E-state index >= 15 is 0 Å². The second-order valence-electron chi connectivity index (χ2n) is 4.98. The van der Waals surface area contributed by atoms with Gasteiger partial charge in [0.25, 0.3) is 0 Å². The second-order valence-corrected chi connectivity index (χ2v) is 4.98. The number of hydrogen-bond donors (Lipinski definition) is 1. The normalized spacial score (nSPS) is 21.6. The Morgan fingerprint density at radius 1 is 1.44 bits per heavy atom. The average Bonchev–Trinajstić information content (AvgIpc) is 2.38. The van der Waals surface area contributed by atoms with Crippen LogP contribution in [0.4, 0.5) is 0 Å². The lowest BCUT2D eigenvalue weighted by Gasteiger charge is -2.37. The van der Waals surface area contributed by atoms with E-state index in [0.717, 1.165) is 19.4 Å². The molecule has 1 aliphatic rings. The molecule has 0 saturated carbocycles. The van der Waals surface area contributed by atoms with Gasteiger partial charge in [0.05, 0.1) is 12.7 Å². The first-order valence-electron chi connectivity index (χ1n) is 6.75. The van der Waals surface area contributed by atoms with Gasteiger partial charge in [0, 0.05) is 26.2 Å². The maximum absolute atomic E-state index is 9.90. The summed E-state index contributed by atoms with van der Waals surface area (Å²) in [4.78, 5) is 2.38. The minimum absolute atomic E-state index is 0.394. The minimum atomic E-state index is -0.394. The number of benzene rings is 1. The van der Waals surface area contributed by atoms with Gasteiger partial charge in [0.15, 0.2) is 0 Å². The number of aliphatic hydroxyl groups is 1. The molecule has 2 atom stereocenters. The summed E-state index contributed by atoms with van der Waals surface area (Å²) < 4.78 is 5.01. The van der Waals surface area contributed by atoms with Gasteiger partial charge in [-0.1, -0.05) is 31.2 Å². The lowest BCUT2D eigenvalue weighted by molar-refractivity contribution is 0.0234. The van der Waals surface area contributed by atoms with Crippen LogP contribution in [0.5, 0.6) is 0 Å². The zero-order valence-electron chi connectivity index (χ0n) is 11.3. The molecule has 1 N–H and O–H groups in total. The molecule has 0 aromatic heterocycles. The van der Waals surface area contributed by atoms with Crippen molar-refractivity contribution in [3.05, 3.63) is 35.4 Å². The molecule has 100 valence electrons. The predicted octanol–water partition coefficient (Wildman–Crippen LogP) is 2.00. The number of hydrogen-bond acceptors (Lipinski definition) is 3. The van der Waals surface area contributed by atoms with Crippen LogP contribution in [0, 0.1) is 0 Å². The summed E-state index contributed by atoms with van der Waals surface area (Å²) in [7, 11) is 1.63. The quantitative estimate of drug-likeness (QED) is 0.866. The molecule has 0 aliphatic carbocycles. The van der Waals surface area contributed by atoms with Crippen molar-refractivity contribution in [1.82, 2.24) is 4.90 Å². The lowest BCUT2D eigenvalue weighted by Crippen LogP contribution is -2.41. The van der Waals surface area contributed by atoms with E-state index in [1.807, 2.05) is 0 Å². The number of ether oxygens (including phenoxy) is 1. The van der Waals surface area contributed by atoms with Crippen molar-refractivity contribution in [2.45, 2.75) is 31.9 Å². The molecule has 0 radical (unpaired) electrons. The third kappa shape index (κ3) is 2.91. The van der Waals surface area contributed by atoms with Crippen LogP contribution in [0.15, 0.2) is 24.3 Å². The van der Waals surface area contributed by atoms with Crippen molar-refractivity contribution in [2.75, 3.05) is 26.8 Å². The van der Waals surface area contributed by atoms with Gasteiger partial charge in [-0.15, -0.1) is 0 Å². The molecule has 0 bridgehead atoms. The molecule has 2 rings (SSSR count). The molecule has 1 aliphatic heterocycles. The van der Waals surface area contributed by atoms with E-state index in [0.29, 0.717) is 19.2 Å². The van der Waals surface area contributed by atoms with Crippen LogP contribution in [0.3, 0.4) is 0 Å². The fourth-order valence-corrected chi connectivity index (χ4v) is 2.92. The Hall–Kier alpha value is -0.900. The summed E-state index contributed by atoms with van der Waals surface area (Å²) in [6, 6.07) is 9.10. The van der Waals surface area contributed by atoms with E-state index in [4.69, 9.17) is 4.74 Å². The predicted molar refractivity (Wildman–Crippen MR) is 72.6 cm³/mol. The van der Waals surface area contributed by atoms with Crippen molar-refractivity contribution in [2.24, 2.45) is 0 Å². The molecule has 0 unspecified atom stereocenters. The molecule has 0 amide bonds. The van der Waals surface area contributed by atoms with Crippen LogP contribution in [0.1, 0.15) is 30.5 Å².